The van der Waals surface area contributed by atoms with Gasteiger partial charge >= 0.3 is 6.36 Å². The molecule has 3 N–H and O–H groups in total. The predicted molar refractivity (Wildman–Crippen MR) is 103 cm³/mol. The smallest absolute Gasteiger partial charge is 0.472 e. The molecule has 2 rings (SSSR count). The molecule has 0 aliphatic heterocycles. The number of halogens is 6. The number of nitrogens with zero attached hydrogens (tertiary/aromatic N) is 2. The number of hydrogen-bond acceptors (Lipinski definition) is 4. The Kier molecular flexibility index (Phi) is 9.15. The first-order chi connectivity index (χ1) is 12.7. The number of nitrogens with two attached hydrogens (primary N) is 1. The quantitative estimate of drug-likeness (QED) is 0.249. The summed E-state index contributed by atoms with van der Waals surface area (Å²) >= 11 is 0. The lowest BCUT2D eigenvalue weighted by Crippen LogP contribution is -2.22. The number of ether oxygens (including phenoxy) is 2. The van der Waals surface area contributed by atoms with Gasteiger partial charge in [-0.2, -0.15) is 0 Å². The maximum absolute atomic E-state index is 12.1. The third kappa shape index (κ3) is 9.01. The van der Waals surface area contributed by atoms with E-state index in [2.05, 4.69) is 20.0 Å². The van der Waals surface area contributed by atoms with E-state index in [-0.39, 0.29) is 48.1 Å². The zero-order valence-electron chi connectivity index (χ0n) is 14.1. The number of aromatic nitrogens is 1. The number of anilines is 1. The van der Waals surface area contributed by atoms with Crippen LogP contribution in [0.3, 0.4) is 0 Å². The number of alkyl halides is 5. The van der Waals surface area contributed by atoms with Crippen molar-refractivity contribution in [2.24, 2.45) is 10.7 Å². The van der Waals surface area contributed by atoms with Gasteiger partial charge in [-0.05, 0) is 35.9 Å². The standard InChI is InChI=1S/C16H15F5N4O2.HI/c17-13(18)9-26-14-7-10(5-6-23-14)8-24-15(22)25-11-1-3-12(4-2-11)27-16(19,20)21;/h1-7,13H,8-9H2,(H3,22,24,25);1H. The zero-order chi connectivity index (χ0) is 19.9. The Morgan fingerprint density at radius 1 is 1.18 bits per heavy atom. The predicted octanol–water partition coefficient (Wildman–Crippen LogP) is 4.17. The van der Waals surface area contributed by atoms with Crippen LogP contribution < -0.4 is 20.5 Å². The van der Waals surface area contributed by atoms with Gasteiger partial charge in [0, 0.05) is 18.0 Å². The van der Waals surface area contributed by atoms with Gasteiger partial charge in [-0.1, -0.05) is 0 Å². The second kappa shape index (κ2) is 10.8. The SMILES string of the molecule is I.NC(=NCc1ccnc(OCC(F)F)c1)Nc1ccc(OC(F)(F)F)cc1. The van der Waals surface area contributed by atoms with Gasteiger partial charge in [0.05, 0.1) is 6.54 Å². The summed E-state index contributed by atoms with van der Waals surface area (Å²) in [4.78, 5) is 7.85. The maximum atomic E-state index is 12.1. The Balaban J connectivity index is 0.00000392. The van der Waals surface area contributed by atoms with Crippen LogP contribution in [-0.4, -0.2) is 30.3 Å². The molecule has 0 fully saturated rings. The van der Waals surface area contributed by atoms with E-state index in [1.165, 1.54) is 24.4 Å². The Bertz CT molecular complexity index is 772. The second-order valence-corrected chi connectivity index (χ2v) is 5.10. The summed E-state index contributed by atoms with van der Waals surface area (Å²) in [5.74, 6) is -0.321. The van der Waals surface area contributed by atoms with E-state index < -0.39 is 19.4 Å². The maximum Gasteiger partial charge on any atom is 0.573 e. The molecule has 0 spiro atoms. The average Bonchev–Trinajstić information content (AvgIpc) is 2.59. The molecular weight excluding hydrogens is 502 g/mol. The van der Waals surface area contributed by atoms with Crippen LogP contribution in [0, 0.1) is 0 Å². The van der Waals surface area contributed by atoms with Crippen molar-refractivity contribution in [3.8, 4) is 11.6 Å². The molecule has 0 bridgehead atoms. The molecule has 0 saturated carbocycles. The van der Waals surface area contributed by atoms with Gasteiger partial charge in [0.25, 0.3) is 6.43 Å². The van der Waals surface area contributed by atoms with Crippen molar-refractivity contribution in [1.29, 1.82) is 0 Å². The highest BCUT2D eigenvalue weighted by atomic mass is 127. The number of nitrogens with one attached hydrogen (secondary N) is 1. The van der Waals surface area contributed by atoms with Crippen LogP contribution in [0.2, 0.25) is 0 Å². The van der Waals surface area contributed by atoms with Crippen molar-refractivity contribution in [3.05, 3.63) is 48.2 Å². The first-order valence-corrected chi connectivity index (χ1v) is 7.50. The van der Waals surface area contributed by atoms with E-state index in [1.807, 2.05) is 0 Å². The van der Waals surface area contributed by atoms with E-state index >= 15 is 0 Å². The third-order valence-corrected chi connectivity index (χ3v) is 2.95. The molecule has 0 amide bonds. The van der Waals surface area contributed by atoms with E-state index in [1.54, 1.807) is 6.07 Å². The minimum atomic E-state index is -4.77. The molecule has 0 atom stereocenters. The fraction of sp³-hybridized carbons (Fsp3) is 0.250. The van der Waals surface area contributed by atoms with Crippen LogP contribution in [0.4, 0.5) is 27.6 Å². The van der Waals surface area contributed by atoms with Crippen LogP contribution in [0.5, 0.6) is 11.6 Å². The lowest BCUT2D eigenvalue weighted by molar-refractivity contribution is -0.274. The third-order valence-electron chi connectivity index (χ3n) is 2.95. The van der Waals surface area contributed by atoms with E-state index in [0.717, 1.165) is 12.1 Å². The van der Waals surface area contributed by atoms with Crippen molar-refractivity contribution in [2.45, 2.75) is 19.3 Å². The molecule has 0 saturated heterocycles. The van der Waals surface area contributed by atoms with E-state index in [0.29, 0.717) is 11.3 Å². The highest BCUT2D eigenvalue weighted by Crippen LogP contribution is 2.23. The van der Waals surface area contributed by atoms with E-state index in [4.69, 9.17) is 10.5 Å². The summed E-state index contributed by atoms with van der Waals surface area (Å²) < 4.78 is 69.1. The zero-order valence-corrected chi connectivity index (χ0v) is 16.4. The lowest BCUT2D eigenvalue weighted by atomic mass is 10.3. The molecule has 0 aliphatic carbocycles. The van der Waals surface area contributed by atoms with Gasteiger partial charge in [0.2, 0.25) is 5.88 Å². The summed E-state index contributed by atoms with van der Waals surface area (Å²) in [5, 5.41) is 2.70. The molecule has 154 valence electrons. The van der Waals surface area contributed by atoms with Crippen LogP contribution in [-0.2, 0) is 6.54 Å². The molecule has 6 nitrogen and oxygen atoms in total. The Morgan fingerprint density at radius 2 is 1.86 bits per heavy atom. The van der Waals surface area contributed by atoms with Crippen molar-refractivity contribution < 1.29 is 31.4 Å². The van der Waals surface area contributed by atoms with Crippen molar-refractivity contribution >= 4 is 35.6 Å². The normalized spacial score (nSPS) is 11.7. The fourth-order valence-electron chi connectivity index (χ4n) is 1.88. The van der Waals surface area contributed by atoms with Gasteiger partial charge in [-0.25, -0.2) is 18.8 Å². The number of guanidine groups is 1. The minimum Gasteiger partial charge on any atom is -0.472 e. The van der Waals surface area contributed by atoms with Gasteiger partial charge < -0.3 is 20.5 Å². The number of pyridine rings is 1. The molecule has 1 aromatic heterocycles. The number of benzene rings is 1. The summed E-state index contributed by atoms with van der Waals surface area (Å²) in [5.41, 5.74) is 6.73. The Labute approximate surface area is 174 Å². The van der Waals surface area contributed by atoms with Crippen LogP contribution in [0.25, 0.3) is 0 Å². The average molecular weight is 518 g/mol. The molecule has 1 heterocycles. The second-order valence-electron chi connectivity index (χ2n) is 5.10. The molecule has 12 heteroatoms. The molecule has 28 heavy (non-hydrogen) atoms. The topological polar surface area (TPSA) is 81.8 Å². The number of rotatable bonds is 7. The fourth-order valence-corrected chi connectivity index (χ4v) is 1.88. The van der Waals surface area contributed by atoms with Gasteiger partial charge in [-0.3, -0.25) is 0 Å². The van der Waals surface area contributed by atoms with Crippen LogP contribution in [0.15, 0.2) is 47.6 Å². The van der Waals surface area contributed by atoms with Crippen molar-refractivity contribution in [1.82, 2.24) is 4.98 Å². The Morgan fingerprint density at radius 3 is 2.46 bits per heavy atom. The van der Waals surface area contributed by atoms with Gasteiger partial charge in [-0.15, -0.1) is 37.1 Å². The highest BCUT2D eigenvalue weighted by molar-refractivity contribution is 14.0. The number of hydrogen-bond donors (Lipinski definition) is 2. The lowest BCUT2D eigenvalue weighted by Gasteiger charge is -2.10. The van der Waals surface area contributed by atoms with Crippen molar-refractivity contribution in [3.63, 3.8) is 0 Å². The van der Waals surface area contributed by atoms with Gasteiger partial charge in [0.15, 0.2) is 12.6 Å². The molecule has 1 aromatic carbocycles. The summed E-state index contributed by atoms with van der Waals surface area (Å²) in [6.07, 6.45) is -5.99. The molecule has 2 aromatic rings. The first kappa shape index (κ1) is 23.7. The van der Waals surface area contributed by atoms with E-state index in [9.17, 15) is 22.0 Å². The summed E-state index contributed by atoms with van der Waals surface area (Å²) in [6, 6.07) is 7.98. The molecule has 0 unspecified atom stereocenters. The number of aliphatic imine (C=N–C) groups is 1. The van der Waals surface area contributed by atoms with Crippen molar-refractivity contribution in [2.75, 3.05) is 11.9 Å². The highest BCUT2D eigenvalue weighted by Gasteiger charge is 2.30. The van der Waals surface area contributed by atoms with Crippen LogP contribution in [0.1, 0.15) is 5.56 Å². The Hall–Kier alpha value is -2.38. The molecule has 0 aliphatic rings. The monoisotopic (exact) mass is 518 g/mol. The van der Waals surface area contributed by atoms with Gasteiger partial charge in [0.1, 0.15) is 5.75 Å². The minimum absolute atomic E-state index is 0. The largest absolute Gasteiger partial charge is 0.573 e. The van der Waals surface area contributed by atoms with Crippen LogP contribution >= 0.6 is 24.0 Å². The molecule has 0 radical (unpaired) electrons. The summed E-state index contributed by atoms with van der Waals surface area (Å²) in [6.45, 7) is -0.654. The molecular formula is C16H16F5IN4O2. The summed E-state index contributed by atoms with van der Waals surface area (Å²) in [7, 11) is 0. The first-order valence-electron chi connectivity index (χ1n) is 7.50.